The molecule has 0 spiro atoms. The minimum absolute atomic E-state index is 0.0701. The summed E-state index contributed by atoms with van der Waals surface area (Å²) in [4.78, 5) is 27.2. The molecule has 2 fully saturated rings. The van der Waals surface area contributed by atoms with Crippen LogP contribution in [-0.4, -0.2) is 52.1 Å². The van der Waals surface area contributed by atoms with E-state index in [0.717, 1.165) is 19.3 Å². The third-order valence-electron chi connectivity index (χ3n) is 4.39. The van der Waals surface area contributed by atoms with Gasteiger partial charge in [0.05, 0.1) is 0 Å². The van der Waals surface area contributed by atoms with Gasteiger partial charge in [-0.1, -0.05) is 19.3 Å². The molecule has 0 aromatic rings. The van der Waals surface area contributed by atoms with Crippen LogP contribution in [0.3, 0.4) is 0 Å². The predicted molar refractivity (Wildman–Crippen MR) is 72.0 cm³/mol. The van der Waals surface area contributed by atoms with E-state index in [1.807, 2.05) is 11.8 Å². The Morgan fingerprint density at radius 2 is 1.84 bits per heavy atom. The maximum absolute atomic E-state index is 12.6. The fourth-order valence-corrected chi connectivity index (χ4v) is 3.36. The third-order valence-corrected chi connectivity index (χ3v) is 4.39. The zero-order chi connectivity index (χ0) is 13.8. The van der Waals surface area contributed by atoms with E-state index in [1.54, 1.807) is 4.90 Å². The summed E-state index contributed by atoms with van der Waals surface area (Å²) in [7, 11) is 0. The SMILES string of the molecule is CCN(C(=O)N1CCC[C@@H]1C(=O)O)C1CCCCC1. The number of carbonyl (C=O) groups excluding carboxylic acids is 1. The molecule has 19 heavy (non-hydrogen) atoms. The number of hydrogen-bond acceptors (Lipinski definition) is 2. The Labute approximate surface area is 114 Å². The Balaban J connectivity index is 2.05. The van der Waals surface area contributed by atoms with Gasteiger partial charge in [-0.3, -0.25) is 0 Å². The van der Waals surface area contributed by atoms with Gasteiger partial charge in [-0.25, -0.2) is 9.59 Å². The van der Waals surface area contributed by atoms with Crippen LogP contribution in [0.25, 0.3) is 0 Å². The number of nitrogens with zero attached hydrogens (tertiary/aromatic N) is 2. The molecule has 1 aliphatic carbocycles. The van der Waals surface area contributed by atoms with E-state index < -0.39 is 12.0 Å². The molecule has 0 aromatic carbocycles. The number of urea groups is 1. The molecule has 1 aliphatic heterocycles. The van der Waals surface area contributed by atoms with Gasteiger partial charge in [0, 0.05) is 19.1 Å². The average molecular weight is 268 g/mol. The molecule has 1 N–H and O–H groups in total. The zero-order valence-corrected chi connectivity index (χ0v) is 11.7. The molecular formula is C14H24N2O3. The Kier molecular flexibility index (Phi) is 4.66. The summed E-state index contributed by atoms with van der Waals surface area (Å²) in [6, 6.07) is -0.384. The van der Waals surface area contributed by atoms with E-state index in [9.17, 15) is 14.7 Å². The molecule has 0 aromatic heterocycles. The molecule has 2 rings (SSSR count). The Morgan fingerprint density at radius 1 is 1.16 bits per heavy atom. The van der Waals surface area contributed by atoms with E-state index >= 15 is 0 Å². The topological polar surface area (TPSA) is 60.9 Å². The molecule has 0 radical (unpaired) electrons. The minimum Gasteiger partial charge on any atom is -0.480 e. The largest absolute Gasteiger partial charge is 0.480 e. The van der Waals surface area contributed by atoms with Crippen molar-refractivity contribution < 1.29 is 14.7 Å². The van der Waals surface area contributed by atoms with Crippen molar-refractivity contribution in [3.05, 3.63) is 0 Å². The molecule has 1 saturated heterocycles. The van der Waals surface area contributed by atoms with Crippen LogP contribution in [0.2, 0.25) is 0 Å². The van der Waals surface area contributed by atoms with Crippen molar-refractivity contribution in [3.8, 4) is 0 Å². The second kappa shape index (κ2) is 6.26. The molecule has 108 valence electrons. The van der Waals surface area contributed by atoms with Gasteiger partial charge in [-0.2, -0.15) is 0 Å². The molecule has 2 aliphatic rings. The second-order valence-corrected chi connectivity index (χ2v) is 5.55. The number of carboxylic acid groups (broad SMARTS) is 1. The molecule has 2 amide bonds. The molecule has 1 saturated carbocycles. The first-order valence-corrected chi connectivity index (χ1v) is 7.45. The number of amides is 2. The van der Waals surface area contributed by atoms with Crippen molar-refractivity contribution in [2.45, 2.75) is 64.0 Å². The monoisotopic (exact) mass is 268 g/mol. The summed E-state index contributed by atoms with van der Waals surface area (Å²) in [5.74, 6) is -0.870. The van der Waals surface area contributed by atoms with Crippen molar-refractivity contribution in [3.63, 3.8) is 0 Å². The van der Waals surface area contributed by atoms with E-state index in [0.29, 0.717) is 25.6 Å². The van der Waals surface area contributed by atoms with Crippen LogP contribution in [0, 0.1) is 0 Å². The summed E-state index contributed by atoms with van der Waals surface area (Å²) >= 11 is 0. The first-order valence-electron chi connectivity index (χ1n) is 7.45. The first-order chi connectivity index (χ1) is 9.15. The fourth-order valence-electron chi connectivity index (χ4n) is 3.36. The van der Waals surface area contributed by atoms with Gasteiger partial charge in [0.1, 0.15) is 6.04 Å². The number of aliphatic carboxylic acids is 1. The van der Waals surface area contributed by atoms with Gasteiger partial charge in [-0.15, -0.1) is 0 Å². The van der Waals surface area contributed by atoms with Gasteiger partial charge in [0.2, 0.25) is 0 Å². The normalized spacial score (nSPS) is 24.5. The van der Waals surface area contributed by atoms with Gasteiger partial charge < -0.3 is 14.9 Å². The van der Waals surface area contributed by atoms with E-state index in [4.69, 9.17) is 0 Å². The summed E-state index contributed by atoms with van der Waals surface area (Å²) in [5.41, 5.74) is 0. The number of hydrogen-bond donors (Lipinski definition) is 1. The number of likely N-dealkylation sites (tertiary alicyclic amines) is 1. The molecule has 5 heteroatoms. The lowest BCUT2D eigenvalue weighted by molar-refractivity contribution is -0.141. The Morgan fingerprint density at radius 3 is 2.42 bits per heavy atom. The molecule has 0 unspecified atom stereocenters. The maximum atomic E-state index is 12.6. The number of carbonyl (C=O) groups is 2. The molecule has 1 heterocycles. The summed E-state index contributed by atoms with van der Waals surface area (Å²) in [6.45, 7) is 3.24. The Hall–Kier alpha value is -1.26. The van der Waals surface area contributed by atoms with Crippen LogP contribution < -0.4 is 0 Å². The lowest BCUT2D eigenvalue weighted by Gasteiger charge is -2.37. The Bertz CT molecular complexity index is 340. The quantitative estimate of drug-likeness (QED) is 0.854. The van der Waals surface area contributed by atoms with Crippen molar-refractivity contribution >= 4 is 12.0 Å². The van der Waals surface area contributed by atoms with Gasteiger partial charge in [0.15, 0.2) is 0 Å². The molecular weight excluding hydrogens is 244 g/mol. The van der Waals surface area contributed by atoms with Crippen LogP contribution in [0.4, 0.5) is 4.79 Å². The van der Waals surface area contributed by atoms with Gasteiger partial charge >= 0.3 is 12.0 Å². The highest BCUT2D eigenvalue weighted by Crippen LogP contribution is 2.26. The van der Waals surface area contributed by atoms with Crippen molar-refractivity contribution in [1.82, 2.24) is 9.80 Å². The first kappa shape index (κ1) is 14.2. The van der Waals surface area contributed by atoms with E-state index in [-0.39, 0.29) is 6.03 Å². The van der Waals surface area contributed by atoms with Crippen LogP contribution in [0.15, 0.2) is 0 Å². The minimum atomic E-state index is -0.870. The van der Waals surface area contributed by atoms with Crippen LogP contribution in [-0.2, 0) is 4.79 Å². The zero-order valence-electron chi connectivity index (χ0n) is 11.7. The van der Waals surface area contributed by atoms with Gasteiger partial charge in [0.25, 0.3) is 0 Å². The maximum Gasteiger partial charge on any atom is 0.326 e. The van der Waals surface area contributed by atoms with Crippen LogP contribution in [0.5, 0.6) is 0 Å². The van der Waals surface area contributed by atoms with Crippen LogP contribution >= 0.6 is 0 Å². The van der Waals surface area contributed by atoms with Crippen molar-refractivity contribution in [2.75, 3.05) is 13.1 Å². The highest BCUT2D eigenvalue weighted by atomic mass is 16.4. The summed E-state index contributed by atoms with van der Waals surface area (Å²) in [5, 5.41) is 9.18. The summed E-state index contributed by atoms with van der Waals surface area (Å²) in [6.07, 6.45) is 7.11. The van der Waals surface area contributed by atoms with Gasteiger partial charge in [-0.05, 0) is 32.6 Å². The highest BCUT2D eigenvalue weighted by Gasteiger charge is 2.37. The van der Waals surface area contributed by atoms with E-state index in [1.165, 1.54) is 19.3 Å². The average Bonchev–Trinajstić information content (AvgIpc) is 2.90. The third kappa shape index (κ3) is 3.01. The highest BCUT2D eigenvalue weighted by molar-refractivity contribution is 5.83. The van der Waals surface area contributed by atoms with Crippen molar-refractivity contribution in [2.24, 2.45) is 0 Å². The number of carboxylic acids is 1. The second-order valence-electron chi connectivity index (χ2n) is 5.55. The standard InChI is InChI=1S/C14H24N2O3/c1-2-15(11-7-4-3-5-8-11)14(19)16-10-6-9-12(16)13(17)18/h11-12H,2-10H2,1H3,(H,17,18)/t12-/m1/s1. The molecule has 5 nitrogen and oxygen atoms in total. The lowest BCUT2D eigenvalue weighted by atomic mass is 9.94. The smallest absolute Gasteiger partial charge is 0.326 e. The van der Waals surface area contributed by atoms with Crippen LogP contribution in [0.1, 0.15) is 51.9 Å². The summed E-state index contributed by atoms with van der Waals surface area (Å²) < 4.78 is 0. The predicted octanol–water partition coefficient (Wildman–Crippen LogP) is 2.31. The lowest BCUT2D eigenvalue weighted by Crippen LogP contribution is -2.51. The van der Waals surface area contributed by atoms with Crippen molar-refractivity contribution in [1.29, 1.82) is 0 Å². The fraction of sp³-hybridized carbons (Fsp3) is 0.857. The molecule has 0 bridgehead atoms. The molecule has 1 atom stereocenters. The number of rotatable bonds is 3. The van der Waals surface area contributed by atoms with E-state index in [2.05, 4.69) is 0 Å².